The molecule has 1 aliphatic carbocycles. The maximum Gasteiger partial charge on any atom is 0.234 e. The highest BCUT2D eigenvalue weighted by Crippen LogP contribution is 2.38. The van der Waals surface area contributed by atoms with Crippen molar-refractivity contribution in [3.05, 3.63) is 47.5 Å². The molecular weight excluding hydrogens is 501 g/mol. The molecule has 0 radical (unpaired) electrons. The number of β-amino-alcohol motifs (C(OH)–C–C–N with tert-alkyl or cyclic N) is 1. The lowest BCUT2D eigenvalue weighted by Gasteiger charge is -2.37. The van der Waals surface area contributed by atoms with Gasteiger partial charge in [-0.1, -0.05) is 17.7 Å². The monoisotopic (exact) mass is 529 g/mol. The van der Waals surface area contributed by atoms with Gasteiger partial charge >= 0.3 is 0 Å². The molecule has 2 heterocycles. The number of likely N-dealkylation sites (tertiary alicyclic amines) is 1. The quantitative estimate of drug-likeness (QED) is 0.422. The van der Waals surface area contributed by atoms with E-state index in [2.05, 4.69) is 15.3 Å². The molecule has 1 amide bonds. The third kappa shape index (κ3) is 5.27. The van der Waals surface area contributed by atoms with Gasteiger partial charge in [0.15, 0.2) is 17.3 Å². The lowest BCUT2D eigenvalue weighted by atomic mass is 9.91. The number of aliphatic hydroxyl groups excluding tert-OH is 1. The number of nitrogens with one attached hydrogen (secondary N) is 1. The van der Waals surface area contributed by atoms with Crippen LogP contribution in [-0.4, -0.2) is 63.8 Å². The number of nitrogens with zero attached hydrogens (tertiary/aromatic N) is 3. The van der Waals surface area contributed by atoms with Crippen molar-refractivity contribution in [3.8, 4) is 11.5 Å². The molecule has 2 atom stereocenters. The predicted octanol–water partition coefficient (Wildman–Crippen LogP) is 3.79. The van der Waals surface area contributed by atoms with Gasteiger partial charge in [0.25, 0.3) is 0 Å². The number of fused-ring (bicyclic) bond motifs is 1. The lowest BCUT2D eigenvalue weighted by Crippen LogP contribution is -2.48. The number of hydrogen-bond donors (Lipinski definition) is 3. The number of rotatable bonds is 7. The van der Waals surface area contributed by atoms with Gasteiger partial charge in [-0.25, -0.2) is 14.4 Å². The molecule has 0 unspecified atom stereocenters. The predicted molar refractivity (Wildman–Crippen MR) is 138 cm³/mol. The van der Waals surface area contributed by atoms with Crippen molar-refractivity contribution < 1.29 is 23.8 Å². The van der Waals surface area contributed by atoms with Crippen LogP contribution in [0.3, 0.4) is 0 Å². The number of primary amides is 1. The molecule has 5 rings (SSSR count). The van der Waals surface area contributed by atoms with Gasteiger partial charge in [-0.05, 0) is 50.3 Å². The lowest BCUT2D eigenvalue weighted by molar-refractivity contribution is -0.123. The Kier molecular flexibility index (Phi) is 7.32. The Hall–Kier alpha value is -3.21. The highest BCUT2D eigenvalue weighted by molar-refractivity contribution is 6.31. The maximum absolute atomic E-state index is 14.5. The number of carbonyl (C=O) groups is 1. The average molecular weight is 530 g/mol. The second-order valence-corrected chi connectivity index (χ2v) is 9.93. The highest BCUT2D eigenvalue weighted by atomic mass is 35.5. The van der Waals surface area contributed by atoms with E-state index >= 15 is 0 Å². The maximum atomic E-state index is 14.5. The fraction of sp³-hybridized carbons (Fsp3) is 0.423. The molecule has 9 nitrogen and oxygen atoms in total. The van der Waals surface area contributed by atoms with Gasteiger partial charge < -0.3 is 25.6 Å². The average Bonchev–Trinajstić information content (AvgIpc) is 3.29. The topological polar surface area (TPSA) is 123 Å². The van der Waals surface area contributed by atoms with Crippen LogP contribution in [0, 0.1) is 5.82 Å². The van der Waals surface area contributed by atoms with E-state index in [0.29, 0.717) is 41.2 Å². The Balaban J connectivity index is 1.34. The van der Waals surface area contributed by atoms with Crippen LogP contribution < -0.4 is 20.5 Å². The Morgan fingerprint density at radius 2 is 2.00 bits per heavy atom. The summed E-state index contributed by atoms with van der Waals surface area (Å²) >= 11 is 5.93. The molecule has 3 aromatic rings. The Labute approximate surface area is 218 Å². The smallest absolute Gasteiger partial charge is 0.234 e. The molecule has 1 aliphatic heterocycles. The van der Waals surface area contributed by atoms with Crippen molar-refractivity contribution in [1.29, 1.82) is 0 Å². The van der Waals surface area contributed by atoms with Crippen LogP contribution in [0.5, 0.6) is 11.5 Å². The molecule has 2 aliphatic rings. The Morgan fingerprint density at radius 1 is 1.22 bits per heavy atom. The molecular formula is C26H29ClFN5O4. The number of anilines is 2. The number of aliphatic hydroxyl groups is 1. The summed E-state index contributed by atoms with van der Waals surface area (Å²) in [5.74, 6) is 0.522. The standard InChI is InChI=1S/C26H29ClFN5O4/c1-36-22-11-20-17(26(31-13-30-20)32-19-4-2-3-18(27)24(19)28)10-23(22)37-16-7-5-14(6-8-16)33-12-15(34)9-21(33)25(29)35/h2-4,10-11,13-16,21,34H,5-9,12H2,1H3,(H2,29,35)(H,30,31,32)/t14?,15-,16?,21-/m1/s1. The third-order valence-corrected chi connectivity index (χ3v) is 7.47. The van der Waals surface area contributed by atoms with Gasteiger partial charge in [0.2, 0.25) is 5.91 Å². The molecule has 0 spiro atoms. The van der Waals surface area contributed by atoms with Crippen LogP contribution in [0.15, 0.2) is 36.7 Å². The number of amides is 1. The molecule has 1 saturated carbocycles. The molecule has 11 heteroatoms. The van der Waals surface area contributed by atoms with E-state index in [9.17, 15) is 14.3 Å². The zero-order chi connectivity index (χ0) is 26.1. The van der Waals surface area contributed by atoms with Crippen molar-refractivity contribution in [2.75, 3.05) is 19.0 Å². The summed E-state index contributed by atoms with van der Waals surface area (Å²) in [6, 6.07) is 8.02. The van der Waals surface area contributed by atoms with E-state index in [1.807, 2.05) is 4.90 Å². The van der Waals surface area contributed by atoms with Crippen molar-refractivity contribution >= 4 is 39.9 Å². The minimum atomic E-state index is -0.568. The summed E-state index contributed by atoms with van der Waals surface area (Å²) in [6.07, 6.45) is 4.37. The van der Waals surface area contributed by atoms with Gasteiger partial charge in [0.05, 0.1) is 41.6 Å². The van der Waals surface area contributed by atoms with Gasteiger partial charge in [0.1, 0.15) is 12.1 Å². The number of aromatic nitrogens is 2. The SMILES string of the molecule is COc1cc2ncnc(Nc3cccc(Cl)c3F)c2cc1OC1CCC(N2C[C@H](O)C[C@@H]2C(N)=O)CC1. The number of ether oxygens (including phenoxy) is 2. The van der Waals surface area contributed by atoms with Crippen LogP contribution in [0.2, 0.25) is 5.02 Å². The molecule has 2 aromatic carbocycles. The fourth-order valence-electron chi connectivity index (χ4n) is 5.34. The van der Waals surface area contributed by atoms with Crippen LogP contribution in [0.4, 0.5) is 15.9 Å². The van der Waals surface area contributed by atoms with E-state index in [0.717, 1.165) is 25.7 Å². The highest BCUT2D eigenvalue weighted by Gasteiger charge is 2.40. The van der Waals surface area contributed by atoms with E-state index in [1.165, 1.54) is 12.4 Å². The first kappa shape index (κ1) is 25.4. The van der Waals surface area contributed by atoms with Crippen LogP contribution in [-0.2, 0) is 4.79 Å². The normalized spacial score (nSPS) is 24.2. The van der Waals surface area contributed by atoms with E-state index in [4.69, 9.17) is 26.8 Å². The number of carbonyl (C=O) groups excluding carboxylic acids is 1. The molecule has 4 N–H and O–H groups in total. The molecule has 0 bridgehead atoms. The number of nitrogens with two attached hydrogens (primary N) is 1. The Bertz CT molecular complexity index is 1300. The summed E-state index contributed by atoms with van der Waals surface area (Å²) in [6.45, 7) is 0.464. The zero-order valence-corrected chi connectivity index (χ0v) is 21.1. The summed E-state index contributed by atoms with van der Waals surface area (Å²) in [7, 11) is 1.56. The summed E-state index contributed by atoms with van der Waals surface area (Å²) in [5, 5.41) is 13.7. The van der Waals surface area contributed by atoms with Gasteiger partial charge in [-0.3, -0.25) is 9.69 Å². The first-order valence-corrected chi connectivity index (χ1v) is 12.7. The molecule has 37 heavy (non-hydrogen) atoms. The van der Waals surface area contributed by atoms with E-state index in [1.54, 1.807) is 31.4 Å². The minimum absolute atomic E-state index is 0.00949. The number of halogens is 2. The van der Waals surface area contributed by atoms with Crippen LogP contribution in [0.1, 0.15) is 32.1 Å². The second kappa shape index (κ2) is 10.6. The Morgan fingerprint density at radius 3 is 2.73 bits per heavy atom. The molecule has 1 saturated heterocycles. The van der Waals surface area contributed by atoms with Crippen molar-refractivity contribution in [2.24, 2.45) is 5.73 Å². The van der Waals surface area contributed by atoms with Crippen molar-refractivity contribution in [3.63, 3.8) is 0 Å². The number of methoxy groups -OCH3 is 1. The van der Waals surface area contributed by atoms with Gasteiger partial charge in [-0.2, -0.15) is 0 Å². The summed E-state index contributed by atoms with van der Waals surface area (Å²) in [4.78, 5) is 22.5. The summed E-state index contributed by atoms with van der Waals surface area (Å²) < 4.78 is 26.5. The second-order valence-electron chi connectivity index (χ2n) is 9.52. The van der Waals surface area contributed by atoms with Crippen LogP contribution in [0.25, 0.3) is 10.9 Å². The van der Waals surface area contributed by atoms with Gasteiger partial charge in [0, 0.05) is 24.0 Å². The van der Waals surface area contributed by atoms with Gasteiger partial charge in [-0.15, -0.1) is 0 Å². The number of benzene rings is 2. The number of hydrogen-bond acceptors (Lipinski definition) is 8. The minimum Gasteiger partial charge on any atom is -0.493 e. The third-order valence-electron chi connectivity index (χ3n) is 7.18. The molecule has 196 valence electrons. The van der Waals surface area contributed by atoms with Crippen LogP contribution >= 0.6 is 11.6 Å². The molecule has 2 fully saturated rings. The van der Waals surface area contributed by atoms with E-state index < -0.39 is 18.0 Å². The fourth-order valence-corrected chi connectivity index (χ4v) is 5.51. The molecule has 1 aromatic heterocycles. The zero-order valence-electron chi connectivity index (χ0n) is 20.4. The first-order valence-electron chi connectivity index (χ1n) is 12.3. The summed E-state index contributed by atoms with van der Waals surface area (Å²) in [5.41, 5.74) is 6.38. The largest absolute Gasteiger partial charge is 0.493 e. The van der Waals surface area contributed by atoms with Crippen molar-refractivity contribution in [1.82, 2.24) is 14.9 Å². The first-order chi connectivity index (χ1) is 17.8. The van der Waals surface area contributed by atoms with Crippen molar-refractivity contribution in [2.45, 2.75) is 56.4 Å². The van der Waals surface area contributed by atoms with E-state index in [-0.39, 0.29) is 28.8 Å².